The minimum atomic E-state index is -0.536. The first-order valence-electron chi connectivity index (χ1n) is 9.70. The van der Waals surface area contributed by atoms with Crippen molar-refractivity contribution in [2.75, 3.05) is 33.9 Å². The molecule has 7 heteroatoms. The van der Waals surface area contributed by atoms with Gasteiger partial charge in [0.15, 0.2) is 11.5 Å². The fourth-order valence-corrected chi connectivity index (χ4v) is 3.19. The van der Waals surface area contributed by atoms with Crippen molar-refractivity contribution in [1.29, 1.82) is 0 Å². The molecule has 0 saturated carbocycles. The molecule has 1 N–H and O–H groups in total. The molecular weight excluding hydrogens is 360 g/mol. The van der Waals surface area contributed by atoms with E-state index in [0.717, 1.165) is 18.4 Å². The Labute approximate surface area is 167 Å². The summed E-state index contributed by atoms with van der Waals surface area (Å²) >= 11 is 0. The standard InChI is InChI=1S/C21H32N2O5/c1-21(2,3)28-20(25)23-12-6-7-16(14-23)19(24)22-11-10-15-8-9-17(26-4)18(13-15)27-5/h8-9,13,16H,6-7,10-12,14H2,1-5H3,(H,22,24)/t16-/m1/s1. The van der Waals surface area contributed by atoms with Gasteiger partial charge in [0.1, 0.15) is 5.60 Å². The molecule has 2 amide bonds. The third kappa shape index (κ3) is 6.32. The van der Waals surface area contributed by atoms with Crippen molar-refractivity contribution < 1.29 is 23.8 Å². The molecule has 0 aromatic heterocycles. The van der Waals surface area contributed by atoms with Gasteiger partial charge in [-0.1, -0.05) is 6.07 Å². The highest BCUT2D eigenvalue weighted by Gasteiger charge is 2.30. The van der Waals surface area contributed by atoms with Gasteiger partial charge in [-0.15, -0.1) is 0 Å². The Balaban J connectivity index is 1.83. The smallest absolute Gasteiger partial charge is 0.410 e. The van der Waals surface area contributed by atoms with Crippen LogP contribution in [0.4, 0.5) is 4.79 Å². The summed E-state index contributed by atoms with van der Waals surface area (Å²) in [6.45, 7) is 7.08. The average Bonchev–Trinajstić information content (AvgIpc) is 2.66. The van der Waals surface area contributed by atoms with E-state index in [1.54, 1.807) is 19.1 Å². The van der Waals surface area contributed by atoms with Crippen molar-refractivity contribution in [3.05, 3.63) is 23.8 Å². The summed E-state index contributed by atoms with van der Waals surface area (Å²) < 4.78 is 16.0. The number of rotatable bonds is 6. The molecule has 7 nitrogen and oxygen atoms in total. The van der Waals surface area contributed by atoms with Crippen LogP contribution in [-0.4, -0.2) is 56.4 Å². The lowest BCUT2D eigenvalue weighted by molar-refractivity contribution is -0.126. The second kappa shape index (κ2) is 9.66. The lowest BCUT2D eigenvalue weighted by atomic mass is 9.97. The minimum absolute atomic E-state index is 0.0197. The molecule has 1 fully saturated rings. The van der Waals surface area contributed by atoms with Crippen LogP contribution in [0.25, 0.3) is 0 Å². The molecule has 1 saturated heterocycles. The van der Waals surface area contributed by atoms with Crippen molar-refractivity contribution in [2.45, 2.75) is 45.6 Å². The maximum absolute atomic E-state index is 12.5. The summed E-state index contributed by atoms with van der Waals surface area (Å²) in [4.78, 5) is 26.4. The Kier molecular flexibility index (Phi) is 7.54. The van der Waals surface area contributed by atoms with E-state index in [4.69, 9.17) is 14.2 Å². The number of carbonyl (C=O) groups excluding carboxylic acids is 2. The second-order valence-electron chi connectivity index (χ2n) is 8.00. The highest BCUT2D eigenvalue weighted by Crippen LogP contribution is 2.27. The molecular formula is C21H32N2O5. The number of carbonyl (C=O) groups is 2. The van der Waals surface area contributed by atoms with Gasteiger partial charge in [0.2, 0.25) is 5.91 Å². The highest BCUT2D eigenvalue weighted by atomic mass is 16.6. The Morgan fingerprint density at radius 1 is 1.18 bits per heavy atom. The Bertz CT molecular complexity index is 684. The maximum Gasteiger partial charge on any atom is 0.410 e. The van der Waals surface area contributed by atoms with Crippen LogP contribution in [0, 0.1) is 5.92 Å². The number of hydrogen-bond donors (Lipinski definition) is 1. The molecule has 0 radical (unpaired) electrons. The van der Waals surface area contributed by atoms with Gasteiger partial charge in [-0.3, -0.25) is 4.79 Å². The molecule has 0 aliphatic carbocycles. The molecule has 1 aliphatic rings. The quantitative estimate of drug-likeness (QED) is 0.805. The zero-order valence-electron chi connectivity index (χ0n) is 17.5. The molecule has 0 bridgehead atoms. The van der Waals surface area contributed by atoms with Gasteiger partial charge >= 0.3 is 6.09 Å². The van der Waals surface area contributed by atoms with Crippen molar-refractivity contribution >= 4 is 12.0 Å². The molecule has 0 unspecified atom stereocenters. The summed E-state index contributed by atoms with van der Waals surface area (Å²) in [5, 5.41) is 2.98. The largest absolute Gasteiger partial charge is 0.493 e. The fourth-order valence-electron chi connectivity index (χ4n) is 3.19. The number of ether oxygens (including phenoxy) is 3. The van der Waals surface area contributed by atoms with Crippen LogP contribution in [0.15, 0.2) is 18.2 Å². The van der Waals surface area contributed by atoms with E-state index in [1.807, 2.05) is 39.0 Å². The van der Waals surface area contributed by atoms with Gasteiger partial charge in [-0.05, 0) is 57.7 Å². The number of likely N-dealkylation sites (tertiary alicyclic amines) is 1. The number of nitrogens with zero attached hydrogens (tertiary/aromatic N) is 1. The normalized spacial score (nSPS) is 17.0. The van der Waals surface area contributed by atoms with E-state index in [2.05, 4.69) is 5.32 Å². The van der Waals surface area contributed by atoms with Gasteiger partial charge in [-0.2, -0.15) is 0 Å². The summed E-state index contributed by atoms with van der Waals surface area (Å²) in [6.07, 6.45) is 1.92. The van der Waals surface area contributed by atoms with Crippen LogP contribution in [0.5, 0.6) is 11.5 Å². The first kappa shape index (κ1) is 21.9. The predicted octanol–water partition coefficient (Wildman–Crippen LogP) is 3.01. The van der Waals surface area contributed by atoms with Crippen LogP contribution in [0.2, 0.25) is 0 Å². The maximum atomic E-state index is 12.5. The lowest BCUT2D eigenvalue weighted by Crippen LogP contribution is -2.47. The van der Waals surface area contributed by atoms with Crippen LogP contribution >= 0.6 is 0 Å². The minimum Gasteiger partial charge on any atom is -0.493 e. The van der Waals surface area contributed by atoms with Crippen LogP contribution in [-0.2, 0) is 16.0 Å². The number of amides is 2. The third-order valence-electron chi connectivity index (χ3n) is 4.60. The van der Waals surface area contributed by atoms with Crippen LogP contribution < -0.4 is 14.8 Å². The van der Waals surface area contributed by atoms with Crippen LogP contribution in [0.3, 0.4) is 0 Å². The van der Waals surface area contributed by atoms with Gasteiger partial charge in [0, 0.05) is 19.6 Å². The van der Waals surface area contributed by atoms with Crippen LogP contribution in [0.1, 0.15) is 39.2 Å². The number of nitrogens with one attached hydrogen (secondary N) is 1. The summed E-state index contributed by atoms with van der Waals surface area (Å²) in [5.41, 5.74) is 0.517. The van der Waals surface area contributed by atoms with Gasteiger partial charge in [0.25, 0.3) is 0 Å². The van der Waals surface area contributed by atoms with Crippen molar-refractivity contribution in [3.8, 4) is 11.5 Å². The molecule has 1 atom stereocenters. The van der Waals surface area contributed by atoms with E-state index < -0.39 is 5.60 Å². The Morgan fingerprint density at radius 3 is 2.54 bits per heavy atom. The molecule has 1 heterocycles. The van der Waals surface area contributed by atoms with E-state index in [0.29, 0.717) is 37.6 Å². The Morgan fingerprint density at radius 2 is 1.89 bits per heavy atom. The molecule has 1 aromatic rings. The van der Waals surface area contributed by atoms with E-state index in [9.17, 15) is 9.59 Å². The van der Waals surface area contributed by atoms with Crippen molar-refractivity contribution in [3.63, 3.8) is 0 Å². The number of methoxy groups -OCH3 is 2. The van der Waals surface area contributed by atoms with E-state index in [1.165, 1.54) is 0 Å². The summed E-state index contributed by atoms with van der Waals surface area (Å²) in [6, 6.07) is 5.73. The van der Waals surface area contributed by atoms with Gasteiger partial charge in [-0.25, -0.2) is 4.79 Å². The first-order valence-corrected chi connectivity index (χ1v) is 9.70. The second-order valence-corrected chi connectivity index (χ2v) is 8.00. The zero-order valence-corrected chi connectivity index (χ0v) is 17.5. The molecule has 28 heavy (non-hydrogen) atoms. The molecule has 0 spiro atoms. The summed E-state index contributed by atoms with van der Waals surface area (Å²) in [5.74, 6) is 1.13. The average molecular weight is 392 g/mol. The van der Waals surface area contributed by atoms with Gasteiger partial charge in [0.05, 0.1) is 20.1 Å². The van der Waals surface area contributed by atoms with Crippen molar-refractivity contribution in [1.82, 2.24) is 10.2 Å². The highest BCUT2D eigenvalue weighted by molar-refractivity contribution is 5.80. The number of benzene rings is 1. The fraction of sp³-hybridized carbons (Fsp3) is 0.619. The molecule has 1 aromatic carbocycles. The number of piperidine rings is 1. The third-order valence-corrected chi connectivity index (χ3v) is 4.60. The first-order chi connectivity index (χ1) is 13.2. The molecule has 2 rings (SSSR count). The topological polar surface area (TPSA) is 77.1 Å². The predicted molar refractivity (Wildman–Crippen MR) is 107 cm³/mol. The van der Waals surface area contributed by atoms with Crippen molar-refractivity contribution in [2.24, 2.45) is 5.92 Å². The number of hydrogen-bond acceptors (Lipinski definition) is 5. The zero-order chi connectivity index (χ0) is 20.7. The van der Waals surface area contributed by atoms with E-state index in [-0.39, 0.29) is 17.9 Å². The van der Waals surface area contributed by atoms with Gasteiger partial charge < -0.3 is 24.4 Å². The van der Waals surface area contributed by atoms with E-state index >= 15 is 0 Å². The monoisotopic (exact) mass is 392 g/mol. The molecule has 156 valence electrons. The Hall–Kier alpha value is -2.44. The lowest BCUT2D eigenvalue weighted by Gasteiger charge is -2.33. The summed E-state index contributed by atoms with van der Waals surface area (Å²) in [7, 11) is 3.20. The SMILES string of the molecule is COc1ccc(CCNC(=O)[C@@H]2CCCN(C(=O)OC(C)(C)C)C2)cc1OC. The molecule has 1 aliphatic heterocycles.